The molecule has 20 heavy (non-hydrogen) atoms. The van der Waals surface area contributed by atoms with Crippen LogP contribution in [0.15, 0.2) is 40.5 Å². The zero-order chi connectivity index (χ0) is 13.5. The molecule has 100 valence electrons. The molecule has 0 bridgehead atoms. The summed E-state index contributed by atoms with van der Waals surface area (Å²) in [4.78, 5) is 21.7. The number of hydrogen-bond acceptors (Lipinski definition) is 4. The van der Waals surface area contributed by atoms with E-state index < -0.39 is 0 Å². The normalized spacial score (nSPS) is 13.9. The second-order valence-corrected chi connectivity index (χ2v) is 5.86. The lowest BCUT2D eigenvalue weighted by Crippen LogP contribution is -2.23. The Morgan fingerprint density at radius 3 is 3.15 bits per heavy atom. The maximum absolute atomic E-state index is 12.0. The Bertz CT molecular complexity index is 836. The number of nitrogens with one attached hydrogen (secondary N) is 1. The molecule has 1 N–H and O–H groups in total. The fourth-order valence-electron chi connectivity index (χ4n) is 2.75. The maximum atomic E-state index is 12.0. The summed E-state index contributed by atoms with van der Waals surface area (Å²) >= 11 is 1.43. The predicted molar refractivity (Wildman–Crippen MR) is 81.4 cm³/mol. The molecular formula is C15H13N3OS. The van der Waals surface area contributed by atoms with Crippen LogP contribution < -0.4 is 10.5 Å². The molecule has 4 rings (SSSR count). The van der Waals surface area contributed by atoms with E-state index in [9.17, 15) is 4.79 Å². The molecule has 0 saturated heterocycles. The van der Waals surface area contributed by atoms with Gasteiger partial charge in [0.05, 0.1) is 12.1 Å². The summed E-state index contributed by atoms with van der Waals surface area (Å²) in [5.74, 6) is 0.734. The molecule has 1 aromatic carbocycles. The highest BCUT2D eigenvalue weighted by Crippen LogP contribution is 2.28. The molecule has 3 aromatic rings. The van der Waals surface area contributed by atoms with Crippen molar-refractivity contribution in [3.05, 3.63) is 57.5 Å². The zero-order valence-corrected chi connectivity index (χ0v) is 11.6. The molecule has 0 atom stereocenters. The average Bonchev–Trinajstić information content (AvgIpc) is 3.07. The Morgan fingerprint density at radius 1 is 1.30 bits per heavy atom. The van der Waals surface area contributed by atoms with Crippen LogP contribution in [0.5, 0.6) is 0 Å². The fraction of sp³-hybridized carbons (Fsp3) is 0.200. The number of para-hydroxylation sites is 1. The number of hydrogen-bond donors (Lipinski definition) is 1. The van der Waals surface area contributed by atoms with Gasteiger partial charge < -0.3 is 9.88 Å². The van der Waals surface area contributed by atoms with Crippen molar-refractivity contribution in [2.75, 3.05) is 11.4 Å². The molecular weight excluding hydrogens is 270 g/mol. The SMILES string of the molecule is O=c1[nH]c(CN2CCc3ccccc32)nc2ccsc12. The Hall–Kier alpha value is -2.14. The van der Waals surface area contributed by atoms with E-state index in [4.69, 9.17) is 0 Å². The van der Waals surface area contributed by atoms with E-state index in [-0.39, 0.29) is 5.56 Å². The first-order chi connectivity index (χ1) is 9.81. The summed E-state index contributed by atoms with van der Waals surface area (Å²) in [5, 5.41) is 1.90. The second kappa shape index (κ2) is 4.45. The molecule has 0 aliphatic carbocycles. The van der Waals surface area contributed by atoms with Gasteiger partial charge in [-0.15, -0.1) is 11.3 Å². The summed E-state index contributed by atoms with van der Waals surface area (Å²) in [5.41, 5.74) is 3.38. The minimum Gasteiger partial charge on any atom is -0.364 e. The third-order valence-corrected chi connectivity index (χ3v) is 4.59. The van der Waals surface area contributed by atoms with Crippen molar-refractivity contribution < 1.29 is 0 Å². The topological polar surface area (TPSA) is 49.0 Å². The van der Waals surface area contributed by atoms with Gasteiger partial charge in [0.1, 0.15) is 10.5 Å². The number of thiophene rings is 1. The molecule has 0 fully saturated rings. The first-order valence-corrected chi connectivity index (χ1v) is 7.48. The molecule has 0 amide bonds. The summed E-state index contributed by atoms with van der Waals surface area (Å²) in [6.07, 6.45) is 1.06. The van der Waals surface area contributed by atoms with Gasteiger partial charge in [0, 0.05) is 12.2 Å². The van der Waals surface area contributed by atoms with Crippen LogP contribution in [0.25, 0.3) is 10.2 Å². The van der Waals surface area contributed by atoms with Crippen LogP contribution in [0.3, 0.4) is 0 Å². The number of H-pyrrole nitrogens is 1. The molecule has 0 spiro atoms. The average molecular weight is 283 g/mol. The summed E-state index contributed by atoms with van der Waals surface area (Å²) < 4.78 is 0.704. The molecule has 0 unspecified atom stereocenters. The predicted octanol–water partition coefficient (Wildman–Crippen LogP) is 2.55. The lowest BCUT2D eigenvalue weighted by atomic mass is 10.2. The lowest BCUT2D eigenvalue weighted by molar-refractivity contribution is 0.787. The summed E-state index contributed by atoms with van der Waals surface area (Å²) in [7, 11) is 0. The van der Waals surface area contributed by atoms with Crippen molar-refractivity contribution in [1.29, 1.82) is 0 Å². The van der Waals surface area contributed by atoms with Gasteiger partial charge >= 0.3 is 0 Å². The van der Waals surface area contributed by atoms with Crippen molar-refractivity contribution in [2.45, 2.75) is 13.0 Å². The minimum atomic E-state index is -0.0347. The van der Waals surface area contributed by atoms with Crippen LogP contribution >= 0.6 is 11.3 Å². The van der Waals surface area contributed by atoms with Gasteiger partial charge in [-0.2, -0.15) is 0 Å². The highest BCUT2D eigenvalue weighted by molar-refractivity contribution is 7.17. The largest absolute Gasteiger partial charge is 0.364 e. The molecule has 1 aliphatic heterocycles. The summed E-state index contributed by atoms with van der Waals surface area (Å²) in [6, 6.07) is 10.3. The number of rotatable bonds is 2. The van der Waals surface area contributed by atoms with E-state index in [1.165, 1.54) is 22.6 Å². The quantitative estimate of drug-likeness (QED) is 0.786. The van der Waals surface area contributed by atoms with E-state index in [0.29, 0.717) is 11.2 Å². The van der Waals surface area contributed by atoms with E-state index in [1.807, 2.05) is 11.4 Å². The van der Waals surface area contributed by atoms with Crippen LogP contribution in [0, 0.1) is 0 Å². The standard InChI is InChI=1S/C15H13N3OS/c19-15-14-11(6-8-20-14)16-13(17-15)9-18-7-5-10-3-1-2-4-12(10)18/h1-4,6,8H,5,7,9H2,(H,16,17,19). The fourth-order valence-corrected chi connectivity index (χ4v) is 3.47. The first-order valence-electron chi connectivity index (χ1n) is 6.60. The molecule has 4 nitrogen and oxygen atoms in total. The van der Waals surface area contributed by atoms with Crippen LogP contribution in [0.1, 0.15) is 11.4 Å². The van der Waals surface area contributed by atoms with Crippen LogP contribution in [-0.2, 0) is 13.0 Å². The number of fused-ring (bicyclic) bond motifs is 2. The second-order valence-electron chi connectivity index (χ2n) is 4.95. The van der Waals surface area contributed by atoms with Gasteiger partial charge in [0.2, 0.25) is 0 Å². The highest BCUT2D eigenvalue weighted by atomic mass is 32.1. The van der Waals surface area contributed by atoms with Crippen LogP contribution in [-0.4, -0.2) is 16.5 Å². The third kappa shape index (κ3) is 1.82. The van der Waals surface area contributed by atoms with Gasteiger partial charge in [0.15, 0.2) is 0 Å². The molecule has 3 heterocycles. The van der Waals surface area contributed by atoms with E-state index >= 15 is 0 Å². The smallest absolute Gasteiger partial charge is 0.268 e. The molecule has 1 aliphatic rings. The summed E-state index contributed by atoms with van der Waals surface area (Å²) in [6.45, 7) is 1.63. The molecule has 5 heteroatoms. The van der Waals surface area contributed by atoms with Crippen molar-refractivity contribution >= 4 is 27.2 Å². The van der Waals surface area contributed by atoms with Crippen molar-refractivity contribution in [1.82, 2.24) is 9.97 Å². The number of aromatic amines is 1. The van der Waals surface area contributed by atoms with Crippen LogP contribution in [0.2, 0.25) is 0 Å². The Morgan fingerprint density at radius 2 is 2.20 bits per heavy atom. The van der Waals surface area contributed by atoms with E-state index in [1.54, 1.807) is 0 Å². The lowest BCUT2D eigenvalue weighted by Gasteiger charge is -2.18. The van der Waals surface area contributed by atoms with E-state index in [0.717, 1.165) is 24.3 Å². The molecule has 2 aromatic heterocycles. The van der Waals surface area contributed by atoms with Crippen LogP contribution in [0.4, 0.5) is 5.69 Å². The first kappa shape index (κ1) is 11.7. The van der Waals surface area contributed by atoms with Gasteiger partial charge in [-0.1, -0.05) is 18.2 Å². The maximum Gasteiger partial charge on any atom is 0.268 e. The Kier molecular flexibility index (Phi) is 2.60. The van der Waals surface area contributed by atoms with Gasteiger partial charge in [0.25, 0.3) is 5.56 Å². The van der Waals surface area contributed by atoms with Gasteiger partial charge in [-0.05, 0) is 29.5 Å². The van der Waals surface area contributed by atoms with Crippen molar-refractivity contribution in [3.63, 3.8) is 0 Å². The Balaban J connectivity index is 1.70. The zero-order valence-electron chi connectivity index (χ0n) is 10.8. The number of nitrogens with zero attached hydrogens (tertiary/aromatic N) is 2. The third-order valence-electron chi connectivity index (χ3n) is 3.69. The number of aromatic nitrogens is 2. The molecule has 0 radical (unpaired) electrons. The van der Waals surface area contributed by atoms with E-state index in [2.05, 4.69) is 39.1 Å². The minimum absolute atomic E-state index is 0.0347. The molecule has 0 saturated carbocycles. The monoisotopic (exact) mass is 283 g/mol. The number of benzene rings is 1. The van der Waals surface area contributed by atoms with Crippen molar-refractivity contribution in [3.8, 4) is 0 Å². The van der Waals surface area contributed by atoms with Gasteiger partial charge in [-0.25, -0.2) is 4.98 Å². The van der Waals surface area contributed by atoms with Crippen molar-refractivity contribution in [2.24, 2.45) is 0 Å². The number of anilines is 1. The Labute approximate surface area is 119 Å². The van der Waals surface area contributed by atoms with Gasteiger partial charge in [-0.3, -0.25) is 4.79 Å². The highest BCUT2D eigenvalue weighted by Gasteiger charge is 2.19.